The number of aliphatic hydroxyl groups excluding tert-OH is 1. The average molecular weight is 167 g/mol. The highest BCUT2D eigenvalue weighted by Gasteiger charge is 1.99. The Labute approximate surface area is 71.8 Å². The first-order valence-corrected chi connectivity index (χ1v) is 3.80. The third-order valence-corrected chi connectivity index (χ3v) is 1.55. The number of aliphatic hydroxyl groups is 1. The highest BCUT2D eigenvalue weighted by Crippen LogP contribution is 2.18. The molecule has 0 fully saturated rings. The van der Waals surface area contributed by atoms with Crippen LogP contribution in [-0.4, -0.2) is 11.4 Å². The van der Waals surface area contributed by atoms with Crippen LogP contribution in [0.15, 0.2) is 18.2 Å². The molecular weight excluding hydrogens is 154 g/mol. The Morgan fingerprint density at radius 3 is 2.67 bits per heavy atom. The Morgan fingerprint density at radius 2 is 2.17 bits per heavy atom. The summed E-state index contributed by atoms with van der Waals surface area (Å²) in [5.41, 5.74) is 7.28. The Kier molecular flexibility index (Phi) is 2.55. The molecule has 1 unspecified atom stereocenters. The first-order valence-electron chi connectivity index (χ1n) is 3.80. The molecule has 1 aromatic rings. The lowest BCUT2D eigenvalue weighted by molar-refractivity contribution is -0.000309. The zero-order chi connectivity index (χ0) is 9.14. The van der Waals surface area contributed by atoms with Crippen molar-refractivity contribution in [3.63, 3.8) is 0 Å². The molecule has 0 aliphatic rings. The van der Waals surface area contributed by atoms with Crippen LogP contribution in [0.5, 0.6) is 5.75 Å². The molecule has 1 atom stereocenters. The molecule has 0 saturated heterocycles. The van der Waals surface area contributed by atoms with Gasteiger partial charge in [0.1, 0.15) is 5.75 Å². The fourth-order valence-corrected chi connectivity index (χ4v) is 0.918. The van der Waals surface area contributed by atoms with Gasteiger partial charge in [-0.05, 0) is 37.6 Å². The maximum Gasteiger partial charge on any atom is 0.194 e. The second-order valence-electron chi connectivity index (χ2n) is 2.74. The van der Waals surface area contributed by atoms with Gasteiger partial charge < -0.3 is 15.6 Å². The van der Waals surface area contributed by atoms with Gasteiger partial charge in [-0.25, -0.2) is 0 Å². The van der Waals surface area contributed by atoms with Crippen LogP contribution in [0.4, 0.5) is 5.69 Å². The largest absolute Gasteiger partial charge is 0.465 e. The summed E-state index contributed by atoms with van der Waals surface area (Å²) in [6, 6.07) is 5.28. The smallest absolute Gasteiger partial charge is 0.194 e. The monoisotopic (exact) mass is 167 g/mol. The number of nitrogen functional groups attached to an aromatic ring is 1. The molecule has 0 saturated carbocycles. The first-order chi connectivity index (χ1) is 5.59. The molecule has 0 radical (unpaired) electrons. The lowest BCUT2D eigenvalue weighted by Crippen LogP contribution is -2.09. The van der Waals surface area contributed by atoms with Crippen molar-refractivity contribution in [3.8, 4) is 5.75 Å². The normalized spacial score (nSPS) is 12.6. The van der Waals surface area contributed by atoms with Crippen molar-refractivity contribution < 1.29 is 9.84 Å². The van der Waals surface area contributed by atoms with Gasteiger partial charge in [0.05, 0.1) is 0 Å². The summed E-state index contributed by atoms with van der Waals surface area (Å²) in [5, 5.41) is 8.91. The minimum atomic E-state index is -0.784. The van der Waals surface area contributed by atoms with Crippen molar-refractivity contribution in [2.24, 2.45) is 0 Å². The highest BCUT2D eigenvalue weighted by molar-refractivity contribution is 5.49. The van der Waals surface area contributed by atoms with Crippen LogP contribution in [0, 0.1) is 6.92 Å². The molecule has 66 valence electrons. The van der Waals surface area contributed by atoms with E-state index in [0.29, 0.717) is 5.75 Å². The molecule has 1 aromatic carbocycles. The van der Waals surface area contributed by atoms with Gasteiger partial charge in [-0.2, -0.15) is 0 Å². The highest BCUT2D eigenvalue weighted by atomic mass is 16.6. The van der Waals surface area contributed by atoms with Crippen LogP contribution in [0.25, 0.3) is 0 Å². The van der Waals surface area contributed by atoms with E-state index in [-0.39, 0.29) is 0 Å². The van der Waals surface area contributed by atoms with E-state index in [0.717, 1.165) is 11.3 Å². The van der Waals surface area contributed by atoms with Gasteiger partial charge in [0, 0.05) is 5.69 Å². The third kappa shape index (κ3) is 2.13. The van der Waals surface area contributed by atoms with E-state index < -0.39 is 6.29 Å². The summed E-state index contributed by atoms with van der Waals surface area (Å²) in [7, 11) is 0. The van der Waals surface area contributed by atoms with Crippen molar-refractivity contribution in [1.29, 1.82) is 0 Å². The summed E-state index contributed by atoms with van der Waals surface area (Å²) in [5.74, 6) is 0.636. The summed E-state index contributed by atoms with van der Waals surface area (Å²) in [6.07, 6.45) is -0.784. The van der Waals surface area contributed by atoms with E-state index in [2.05, 4.69) is 0 Å². The molecule has 1 rings (SSSR count). The Bertz CT molecular complexity index is 271. The number of hydrogen-bond acceptors (Lipinski definition) is 3. The molecule has 0 aromatic heterocycles. The Balaban J connectivity index is 2.82. The Morgan fingerprint density at radius 1 is 1.50 bits per heavy atom. The molecule has 3 N–H and O–H groups in total. The van der Waals surface area contributed by atoms with Crippen molar-refractivity contribution >= 4 is 5.69 Å². The number of nitrogens with two attached hydrogens (primary N) is 1. The lowest BCUT2D eigenvalue weighted by atomic mass is 10.2. The number of benzene rings is 1. The topological polar surface area (TPSA) is 55.5 Å². The van der Waals surface area contributed by atoms with Gasteiger partial charge in [-0.1, -0.05) is 0 Å². The van der Waals surface area contributed by atoms with Crippen molar-refractivity contribution in [2.75, 3.05) is 5.73 Å². The molecule has 12 heavy (non-hydrogen) atoms. The summed E-state index contributed by atoms with van der Waals surface area (Å²) < 4.78 is 5.05. The molecule has 0 aliphatic carbocycles. The van der Waals surface area contributed by atoms with E-state index in [4.69, 9.17) is 15.6 Å². The molecule has 0 amide bonds. The SMILES string of the molecule is Cc1cc(OC(C)O)ccc1N. The van der Waals surface area contributed by atoms with Crippen molar-refractivity contribution in [3.05, 3.63) is 23.8 Å². The van der Waals surface area contributed by atoms with Crippen molar-refractivity contribution in [1.82, 2.24) is 0 Å². The lowest BCUT2D eigenvalue weighted by Gasteiger charge is -2.09. The average Bonchev–Trinajstić information content (AvgIpc) is 1.96. The zero-order valence-corrected chi connectivity index (χ0v) is 7.24. The van der Waals surface area contributed by atoms with Gasteiger partial charge >= 0.3 is 0 Å². The second kappa shape index (κ2) is 3.45. The summed E-state index contributed by atoms with van der Waals surface area (Å²) >= 11 is 0. The molecule has 0 spiro atoms. The fourth-order valence-electron chi connectivity index (χ4n) is 0.918. The van der Waals surface area contributed by atoms with Gasteiger partial charge in [-0.3, -0.25) is 0 Å². The number of rotatable bonds is 2. The van der Waals surface area contributed by atoms with Crippen LogP contribution in [0.1, 0.15) is 12.5 Å². The molecule has 3 nitrogen and oxygen atoms in total. The number of aryl methyl sites for hydroxylation is 1. The predicted molar refractivity (Wildman–Crippen MR) is 47.9 cm³/mol. The quantitative estimate of drug-likeness (QED) is 0.515. The van der Waals surface area contributed by atoms with Gasteiger partial charge in [0.25, 0.3) is 0 Å². The molecule has 3 heteroatoms. The van der Waals surface area contributed by atoms with Gasteiger partial charge in [0.2, 0.25) is 0 Å². The van der Waals surface area contributed by atoms with E-state index in [1.54, 1.807) is 25.1 Å². The Hall–Kier alpha value is -1.22. The standard InChI is InChI=1S/C9H13NO2/c1-6-5-8(12-7(2)11)3-4-9(6)10/h3-5,7,11H,10H2,1-2H3. The second-order valence-corrected chi connectivity index (χ2v) is 2.74. The van der Waals surface area contributed by atoms with Gasteiger partial charge in [0.15, 0.2) is 6.29 Å². The van der Waals surface area contributed by atoms with Crippen LogP contribution < -0.4 is 10.5 Å². The van der Waals surface area contributed by atoms with E-state index in [9.17, 15) is 0 Å². The van der Waals surface area contributed by atoms with Crippen LogP contribution in [-0.2, 0) is 0 Å². The number of ether oxygens (including phenoxy) is 1. The van der Waals surface area contributed by atoms with E-state index in [1.165, 1.54) is 0 Å². The maximum atomic E-state index is 8.91. The number of hydrogen-bond donors (Lipinski definition) is 2. The zero-order valence-electron chi connectivity index (χ0n) is 7.24. The summed E-state index contributed by atoms with van der Waals surface area (Å²) in [6.45, 7) is 3.45. The van der Waals surface area contributed by atoms with Gasteiger partial charge in [-0.15, -0.1) is 0 Å². The summed E-state index contributed by atoms with van der Waals surface area (Å²) in [4.78, 5) is 0. The first kappa shape index (κ1) is 8.87. The van der Waals surface area contributed by atoms with Crippen LogP contribution in [0.3, 0.4) is 0 Å². The van der Waals surface area contributed by atoms with Crippen LogP contribution in [0.2, 0.25) is 0 Å². The maximum absolute atomic E-state index is 8.91. The van der Waals surface area contributed by atoms with Crippen LogP contribution >= 0.6 is 0 Å². The molecule has 0 aliphatic heterocycles. The fraction of sp³-hybridized carbons (Fsp3) is 0.333. The minimum absolute atomic E-state index is 0.636. The molecular formula is C9H13NO2. The molecule has 0 heterocycles. The minimum Gasteiger partial charge on any atom is -0.465 e. The number of anilines is 1. The predicted octanol–water partition coefficient (Wildman–Crippen LogP) is 1.29. The van der Waals surface area contributed by atoms with E-state index in [1.807, 2.05) is 6.92 Å². The van der Waals surface area contributed by atoms with Crippen molar-refractivity contribution in [2.45, 2.75) is 20.1 Å². The molecule has 0 bridgehead atoms. The van der Waals surface area contributed by atoms with E-state index >= 15 is 0 Å². The third-order valence-electron chi connectivity index (χ3n) is 1.55.